The molecule has 0 saturated heterocycles. The second-order valence-electron chi connectivity index (χ2n) is 6.04. The maximum atomic E-state index is 12.1. The van der Waals surface area contributed by atoms with Crippen LogP contribution >= 0.6 is 22.9 Å². The number of Topliss-reactive ketones (excluding diaryl/α,β-unsaturated/α-hetero) is 1. The summed E-state index contributed by atoms with van der Waals surface area (Å²) >= 11 is 7.58. The average Bonchev–Trinajstić information content (AvgIpc) is 3.14. The zero-order valence-corrected chi connectivity index (χ0v) is 16.8. The second kappa shape index (κ2) is 9.48. The number of aromatic nitrogens is 1. The van der Waals surface area contributed by atoms with Gasteiger partial charge < -0.3 is 4.74 Å². The van der Waals surface area contributed by atoms with Crippen LogP contribution in [0, 0.1) is 0 Å². The Balaban J connectivity index is 1.51. The van der Waals surface area contributed by atoms with Crippen molar-refractivity contribution >= 4 is 39.8 Å². The number of carbonyl (C=O) groups is 2. The lowest BCUT2D eigenvalue weighted by Crippen LogP contribution is -2.20. The first kappa shape index (κ1) is 20.0. The smallest absolute Gasteiger partial charge is 0.264 e. The molecular formula is C21H19ClN2O3S. The highest BCUT2D eigenvalue weighted by molar-refractivity contribution is 7.15. The summed E-state index contributed by atoms with van der Waals surface area (Å²) in [4.78, 5) is 28.9. The minimum absolute atomic E-state index is 0.0701. The summed E-state index contributed by atoms with van der Waals surface area (Å²) in [6.45, 7) is 1.68. The largest absolute Gasteiger partial charge is 0.484 e. The Kier molecular flexibility index (Phi) is 6.79. The van der Waals surface area contributed by atoms with E-state index in [1.54, 1.807) is 30.5 Å². The number of nitrogens with one attached hydrogen (secondary N) is 1. The monoisotopic (exact) mass is 414 g/mol. The van der Waals surface area contributed by atoms with E-state index < -0.39 is 0 Å². The number of nitrogens with zero attached hydrogens (tertiary/aromatic N) is 1. The molecule has 1 N–H and O–H groups in total. The number of hydrogen-bond acceptors (Lipinski definition) is 5. The van der Waals surface area contributed by atoms with Crippen LogP contribution in [0.25, 0.3) is 0 Å². The zero-order chi connectivity index (χ0) is 19.9. The van der Waals surface area contributed by atoms with E-state index in [0.29, 0.717) is 34.3 Å². The van der Waals surface area contributed by atoms with Gasteiger partial charge in [-0.3, -0.25) is 14.9 Å². The van der Waals surface area contributed by atoms with Crippen LogP contribution in [0.3, 0.4) is 0 Å². The summed E-state index contributed by atoms with van der Waals surface area (Å²) in [5, 5.41) is 3.95. The fourth-order valence-electron chi connectivity index (χ4n) is 2.52. The molecule has 3 rings (SSSR count). The van der Waals surface area contributed by atoms with E-state index >= 15 is 0 Å². The van der Waals surface area contributed by atoms with Crippen LogP contribution in [0.1, 0.15) is 34.1 Å². The highest BCUT2D eigenvalue weighted by Crippen LogP contribution is 2.24. The molecule has 144 valence electrons. The predicted molar refractivity (Wildman–Crippen MR) is 112 cm³/mol. The lowest BCUT2D eigenvalue weighted by atomic mass is 10.1. The van der Waals surface area contributed by atoms with Gasteiger partial charge in [0.15, 0.2) is 17.5 Å². The summed E-state index contributed by atoms with van der Waals surface area (Å²) < 4.78 is 5.46. The number of thiazole rings is 1. The first-order chi connectivity index (χ1) is 13.5. The Bertz CT molecular complexity index is 970. The molecule has 0 spiro atoms. The molecule has 7 heteroatoms. The van der Waals surface area contributed by atoms with E-state index in [1.165, 1.54) is 11.3 Å². The fourth-order valence-corrected chi connectivity index (χ4v) is 3.58. The molecule has 0 radical (unpaired) electrons. The molecule has 2 aromatic carbocycles. The van der Waals surface area contributed by atoms with E-state index in [9.17, 15) is 9.59 Å². The molecule has 3 aromatic rings. The number of benzene rings is 2. The van der Waals surface area contributed by atoms with Crippen molar-refractivity contribution in [1.82, 2.24) is 4.98 Å². The normalized spacial score (nSPS) is 10.5. The number of amides is 1. The molecule has 1 aromatic heterocycles. The highest BCUT2D eigenvalue weighted by Gasteiger charge is 2.10. The number of carbonyl (C=O) groups excluding carboxylic acids is 2. The minimum atomic E-state index is -0.299. The Morgan fingerprint density at radius 2 is 1.89 bits per heavy atom. The third-order valence-electron chi connectivity index (χ3n) is 3.99. The van der Waals surface area contributed by atoms with Gasteiger partial charge in [0.2, 0.25) is 0 Å². The van der Waals surface area contributed by atoms with E-state index in [4.69, 9.17) is 16.3 Å². The summed E-state index contributed by atoms with van der Waals surface area (Å²) in [5.74, 6) is 0.300. The number of hydrogen-bond donors (Lipinski definition) is 1. The molecule has 0 aliphatic carbocycles. The van der Waals surface area contributed by atoms with Gasteiger partial charge in [-0.1, -0.05) is 36.7 Å². The number of anilines is 1. The van der Waals surface area contributed by atoms with E-state index in [-0.39, 0.29) is 18.3 Å². The van der Waals surface area contributed by atoms with Crippen LogP contribution in [0.15, 0.2) is 54.7 Å². The molecule has 28 heavy (non-hydrogen) atoms. The van der Waals surface area contributed by atoms with Crippen molar-refractivity contribution in [3.8, 4) is 5.75 Å². The summed E-state index contributed by atoms with van der Waals surface area (Å²) in [5.41, 5.74) is 1.65. The van der Waals surface area contributed by atoms with Crippen molar-refractivity contribution in [2.75, 3.05) is 11.9 Å². The molecule has 1 amide bonds. The third kappa shape index (κ3) is 5.41. The van der Waals surface area contributed by atoms with Crippen molar-refractivity contribution in [3.63, 3.8) is 0 Å². The molecule has 0 unspecified atom stereocenters. The van der Waals surface area contributed by atoms with Crippen molar-refractivity contribution < 1.29 is 14.3 Å². The summed E-state index contributed by atoms with van der Waals surface area (Å²) in [7, 11) is 0. The van der Waals surface area contributed by atoms with Crippen LogP contribution in [-0.2, 0) is 11.2 Å². The minimum Gasteiger partial charge on any atom is -0.484 e. The quantitative estimate of drug-likeness (QED) is 0.527. The van der Waals surface area contributed by atoms with Crippen LogP contribution in [0.4, 0.5) is 5.13 Å². The number of ether oxygens (including phenoxy) is 1. The summed E-state index contributed by atoms with van der Waals surface area (Å²) in [6, 6.07) is 14.4. The van der Waals surface area contributed by atoms with Gasteiger partial charge >= 0.3 is 0 Å². The van der Waals surface area contributed by atoms with E-state index in [0.717, 1.165) is 10.4 Å². The molecule has 0 fully saturated rings. The SMILES string of the molecule is CCC(=O)c1ccc(OCC(=O)Nc2ncc(Cc3ccccc3Cl)s2)cc1. The maximum absolute atomic E-state index is 12.1. The Labute approximate surface area is 172 Å². The zero-order valence-electron chi connectivity index (χ0n) is 15.3. The summed E-state index contributed by atoms with van der Waals surface area (Å²) in [6.07, 6.45) is 2.84. The molecular weight excluding hydrogens is 396 g/mol. The van der Waals surface area contributed by atoms with Crippen LogP contribution < -0.4 is 10.1 Å². The van der Waals surface area contributed by atoms with Gasteiger partial charge in [-0.05, 0) is 35.9 Å². The van der Waals surface area contributed by atoms with E-state index in [1.807, 2.05) is 31.2 Å². The van der Waals surface area contributed by atoms with Crippen molar-refractivity contribution in [2.24, 2.45) is 0 Å². The third-order valence-corrected chi connectivity index (χ3v) is 5.27. The maximum Gasteiger partial charge on any atom is 0.264 e. The number of rotatable bonds is 8. The van der Waals surface area contributed by atoms with E-state index in [2.05, 4.69) is 10.3 Å². The standard InChI is InChI=1S/C21H19ClN2O3S/c1-2-19(25)14-7-9-16(10-8-14)27-13-20(26)24-21-23-12-17(28-21)11-15-5-3-4-6-18(15)22/h3-10,12H,2,11,13H2,1H3,(H,23,24,26). The molecule has 1 heterocycles. The van der Waals surface area contributed by atoms with Gasteiger partial charge in [0.05, 0.1) is 0 Å². The van der Waals surface area contributed by atoms with Crippen LogP contribution in [0.5, 0.6) is 5.75 Å². The van der Waals surface area contributed by atoms with Gasteiger partial charge in [0.25, 0.3) is 5.91 Å². The molecule has 0 aliphatic rings. The lowest BCUT2D eigenvalue weighted by Gasteiger charge is -2.06. The number of ketones is 1. The van der Waals surface area contributed by atoms with Crippen LogP contribution in [-0.4, -0.2) is 23.3 Å². The van der Waals surface area contributed by atoms with Gasteiger partial charge in [0.1, 0.15) is 5.75 Å². The molecule has 0 bridgehead atoms. The first-order valence-corrected chi connectivity index (χ1v) is 9.98. The first-order valence-electron chi connectivity index (χ1n) is 8.79. The Morgan fingerprint density at radius 3 is 2.61 bits per heavy atom. The second-order valence-corrected chi connectivity index (χ2v) is 7.56. The predicted octanol–water partition coefficient (Wildman–Crippen LogP) is 5.00. The van der Waals surface area contributed by atoms with Crippen molar-refractivity contribution in [2.45, 2.75) is 19.8 Å². The molecule has 5 nitrogen and oxygen atoms in total. The molecule has 0 aliphatic heterocycles. The Hall–Kier alpha value is -2.70. The van der Waals surface area contributed by atoms with Crippen molar-refractivity contribution in [1.29, 1.82) is 0 Å². The average molecular weight is 415 g/mol. The van der Waals surface area contributed by atoms with Gasteiger partial charge in [0, 0.05) is 34.5 Å². The molecule has 0 atom stereocenters. The lowest BCUT2D eigenvalue weighted by molar-refractivity contribution is -0.118. The van der Waals surface area contributed by atoms with Gasteiger partial charge in [-0.15, -0.1) is 11.3 Å². The van der Waals surface area contributed by atoms with Crippen molar-refractivity contribution in [3.05, 3.63) is 75.8 Å². The van der Waals surface area contributed by atoms with Gasteiger partial charge in [-0.2, -0.15) is 0 Å². The highest BCUT2D eigenvalue weighted by atomic mass is 35.5. The topological polar surface area (TPSA) is 68.3 Å². The molecule has 0 saturated carbocycles. The fraction of sp³-hybridized carbons (Fsp3) is 0.190. The number of halogens is 1. The van der Waals surface area contributed by atoms with Gasteiger partial charge in [-0.25, -0.2) is 4.98 Å². The Morgan fingerprint density at radius 1 is 1.14 bits per heavy atom. The van der Waals surface area contributed by atoms with Crippen LogP contribution in [0.2, 0.25) is 5.02 Å².